The van der Waals surface area contributed by atoms with E-state index in [2.05, 4.69) is 58.7 Å². The largest absolute Gasteiger partial charge is 0.392 e. The van der Waals surface area contributed by atoms with Gasteiger partial charge in [0.15, 0.2) is 0 Å². The van der Waals surface area contributed by atoms with E-state index in [1.165, 1.54) is 16.8 Å². The van der Waals surface area contributed by atoms with Crippen LogP contribution < -0.4 is 10.2 Å². The number of anilines is 1. The average Bonchev–Trinajstić information content (AvgIpc) is 3.06. The van der Waals surface area contributed by atoms with Crippen LogP contribution in [0.4, 0.5) is 5.69 Å². The fraction of sp³-hybridized carbons (Fsp3) is 0.429. The second-order valence-corrected chi connectivity index (χ2v) is 7.05. The van der Waals surface area contributed by atoms with Gasteiger partial charge in [0.2, 0.25) is 0 Å². The van der Waals surface area contributed by atoms with Crippen molar-refractivity contribution in [2.45, 2.75) is 31.4 Å². The van der Waals surface area contributed by atoms with E-state index in [9.17, 15) is 5.11 Å². The van der Waals surface area contributed by atoms with Crippen molar-refractivity contribution in [2.75, 3.05) is 24.5 Å². The Morgan fingerprint density at radius 3 is 2.75 bits per heavy atom. The summed E-state index contributed by atoms with van der Waals surface area (Å²) in [6.07, 6.45) is 2.66. The van der Waals surface area contributed by atoms with Crippen LogP contribution in [0.5, 0.6) is 0 Å². The van der Waals surface area contributed by atoms with Crippen LogP contribution in [0, 0.1) is 5.92 Å². The Morgan fingerprint density at radius 2 is 1.88 bits per heavy atom. The smallest absolute Gasteiger partial charge is 0.0640 e. The summed E-state index contributed by atoms with van der Waals surface area (Å²) in [6, 6.07) is 19.5. The summed E-state index contributed by atoms with van der Waals surface area (Å²) in [5.41, 5.74) is 4.05. The van der Waals surface area contributed by atoms with Crippen molar-refractivity contribution < 1.29 is 5.11 Å². The van der Waals surface area contributed by atoms with Crippen molar-refractivity contribution in [3.63, 3.8) is 0 Å². The zero-order valence-corrected chi connectivity index (χ0v) is 14.1. The van der Waals surface area contributed by atoms with Gasteiger partial charge in [0.05, 0.1) is 6.10 Å². The zero-order valence-electron chi connectivity index (χ0n) is 14.1. The minimum atomic E-state index is -0.307. The summed E-state index contributed by atoms with van der Waals surface area (Å²) in [6.45, 7) is 3.02. The monoisotopic (exact) mass is 322 g/mol. The number of nitrogens with zero attached hydrogens (tertiary/aromatic N) is 1. The van der Waals surface area contributed by atoms with Crippen molar-refractivity contribution in [3.05, 3.63) is 65.7 Å². The van der Waals surface area contributed by atoms with Gasteiger partial charge in [-0.25, -0.2) is 0 Å². The van der Waals surface area contributed by atoms with E-state index in [0.717, 1.165) is 38.9 Å². The van der Waals surface area contributed by atoms with Crippen molar-refractivity contribution in [1.82, 2.24) is 5.32 Å². The number of para-hydroxylation sites is 1. The average molecular weight is 322 g/mol. The molecule has 2 N–H and O–H groups in total. The number of rotatable bonds is 4. The zero-order chi connectivity index (χ0) is 16.4. The molecule has 0 aromatic heterocycles. The minimum absolute atomic E-state index is 0.269. The number of piperidine rings is 1. The van der Waals surface area contributed by atoms with Crippen LogP contribution in [0.25, 0.3) is 0 Å². The van der Waals surface area contributed by atoms with Gasteiger partial charge in [-0.3, -0.25) is 0 Å². The molecule has 2 heterocycles. The topological polar surface area (TPSA) is 35.5 Å². The quantitative estimate of drug-likeness (QED) is 0.908. The molecule has 1 fully saturated rings. The molecule has 1 saturated heterocycles. The van der Waals surface area contributed by atoms with Crippen molar-refractivity contribution in [1.29, 1.82) is 0 Å². The summed E-state index contributed by atoms with van der Waals surface area (Å²) >= 11 is 0. The summed E-state index contributed by atoms with van der Waals surface area (Å²) in [7, 11) is 0. The fourth-order valence-electron chi connectivity index (χ4n) is 4.36. The summed E-state index contributed by atoms with van der Waals surface area (Å²) in [4.78, 5) is 2.55. The Bertz CT molecular complexity index is 673. The molecular formula is C21H26N2O. The normalized spacial score (nSPS) is 24.6. The third kappa shape index (κ3) is 3.06. The number of nitrogens with one attached hydrogen (secondary N) is 1. The molecule has 0 bridgehead atoms. The summed E-state index contributed by atoms with van der Waals surface area (Å²) in [5.74, 6) is 0.269. The molecule has 3 atom stereocenters. The molecule has 0 aliphatic carbocycles. The second kappa shape index (κ2) is 6.96. The van der Waals surface area contributed by atoms with E-state index in [0.29, 0.717) is 6.04 Å². The molecule has 3 nitrogen and oxygen atoms in total. The maximum absolute atomic E-state index is 10.9. The Labute approximate surface area is 144 Å². The number of hydrogen-bond acceptors (Lipinski definition) is 3. The van der Waals surface area contributed by atoms with E-state index in [-0.39, 0.29) is 12.0 Å². The van der Waals surface area contributed by atoms with Gasteiger partial charge >= 0.3 is 0 Å². The lowest BCUT2D eigenvalue weighted by atomic mass is 9.84. The summed E-state index contributed by atoms with van der Waals surface area (Å²) < 4.78 is 0. The lowest BCUT2D eigenvalue weighted by molar-refractivity contribution is 0.0783. The van der Waals surface area contributed by atoms with E-state index >= 15 is 0 Å². The van der Waals surface area contributed by atoms with Gasteiger partial charge in [-0.1, -0.05) is 48.5 Å². The lowest BCUT2D eigenvalue weighted by Crippen LogP contribution is -2.53. The van der Waals surface area contributed by atoms with E-state index < -0.39 is 0 Å². The first-order chi connectivity index (χ1) is 11.8. The van der Waals surface area contributed by atoms with Crippen LogP contribution in [0.3, 0.4) is 0 Å². The molecule has 126 valence electrons. The van der Waals surface area contributed by atoms with Crippen LogP contribution in [-0.2, 0) is 12.8 Å². The molecule has 24 heavy (non-hydrogen) atoms. The first-order valence-electron chi connectivity index (χ1n) is 9.10. The minimum Gasteiger partial charge on any atom is -0.392 e. The van der Waals surface area contributed by atoms with Gasteiger partial charge in [0.1, 0.15) is 0 Å². The highest BCUT2D eigenvalue weighted by Crippen LogP contribution is 2.34. The lowest BCUT2D eigenvalue weighted by Gasteiger charge is -2.42. The molecule has 0 spiro atoms. The highest BCUT2D eigenvalue weighted by Gasteiger charge is 2.37. The number of benzene rings is 2. The summed E-state index contributed by atoms with van der Waals surface area (Å²) in [5, 5.41) is 14.4. The SMILES string of the molecule is OC(Cc1ccccc1)C1CNCCC1N1CCc2ccccc21. The van der Waals surface area contributed by atoms with Crippen LogP contribution in [-0.4, -0.2) is 36.9 Å². The molecule has 2 aromatic carbocycles. The van der Waals surface area contributed by atoms with Gasteiger partial charge in [-0.05, 0) is 43.0 Å². The van der Waals surface area contributed by atoms with Gasteiger partial charge in [-0.2, -0.15) is 0 Å². The number of aliphatic hydroxyl groups is 1. The van der Waals surface area contributed by atoms with Crippen molar-refractivity contribution in [2.24, 2.45) is 5.92 Å². The molecule has 0 amide bonds. The number of fused-ring (bicyclic) bond motifs is 1. The molecule has 2 aliphatic heterocycles. The van der Waals surface area contributed by atoms with Crippen LogP contribution in [0.1, 0.15) is 17.5 Å². The first-order valence-corrected chi connectivity index (χ1v) is 9.10. The Balaban J connectivity index is 1.53. The molecule has 0 radical (unpaired) electrons. The van der Waals surface area contributed by atoms with Gasteiger partial charge in [0, 0.05) is 30.7 Å². The Kier molecular flexibility index (Phi) is 4.54. The first kappa shape index (κ1) is 15.7. The second-order valence-electron chi connectivity index (χ2n) is 7.05. The van der Waals surface area contributed by atoms with Gasteiger partial charge < -0.3 is 15.3 Å². The molecular weight excluding hydrogens is 296 g/mol. The molecule has 2 aliphatic rings. The van der Waals surface area contributed by atoms with E-state index in [4.69, 9.17) is 0 Å². The van der Waals surface area contributed by atoms with Crippen molar-refractivity contribution >= 4 is 5.69 Å². The molecule has 4 rings (SSSR count). The number of aliphatic hydroxyl groups excluding tert-OH is 1. The van der Waals surface area contributed by atoms with Crippen LogP contribution in [0.2, 0.25) is 0 Å². The molecule has 3 unspecified atom stereocenters. The third-order valence-corrected chi connectivity index (χ3v) is 5.60. The standard InChI is InChI=1S/C21H26N2O/c24-21(14-16-6-2-1-3-7-16)18-15-22-12-10-20(18)23-13-11-17-8-4-5-9-19(17)23/h1-9,18,20-22,24H,10-15H2. The molecule has 2 aromatic rings. The van der Waals surface area contributed by atoms with Crippen molar-refractivity contribution in [3.8, 4) is 0 Å². The maximum Gasteiger partial charge on any atom is 0.0640 e. The highest BCUT2D eigenvalue weighted by molar-refractivity contribution is 5.58. The molecule has 0 saturated carbocycles. The number of hydrogen-bond donors (Lipinski definition) is 2. The predicted molar refractivity (Wildman–Crippen MR) is 98.4 cm³/mol. The maximum atomic E-state index is 10.9. The van der Waals surface area contributed by atoms with E-state index in [1.54, 1.807) is 0 Å². The van der Waals surface area contributed by atoms with Gasteiger partial charge in [-0.15, -0.1) is 0 Å². The third-order valence-electron chi connectivity index (χ3n) is 5.60. The van der Waals surface area contributed by atoms with E-state index in [1.807, 2.05) is 6.07 Å². The Hall–Kier alpha value is -1.84. The van der Waals surface area contributed by atoms with Crippen LogP contribution >= 0.6 is 0 Å². The van der Waals surface area contributed by atoms with Crippen LogP contribution in [0.15, 0.2) is 54.6 Å². The Morgan fingerprint density at radius 1 is 1.08 bits per heavy atom. The fourth-order valence-corrected chi connectivity index (χ4v) is 4.36. The molecule has 3 heteroatoms. The predicted octanol–water partition coefficient (Wildman–Crippen LogP) is 2.63. The van der Waals surface area contributed by atoms with Gasteiger partial charge in [0.25, 0.3) is 0 Å². The highest BCUT2D eigenvalue weighted by atomic mass is 16.3.